The number of carboxylic acids is 1. The number of benzene rings is 1. The number of aliphatic carboxylic acids is 1. The Morgan fingerprint density at radius 2 is 1.62 bits per heavy atom. The third-order valence-electron chi connectivity index (χ3n) is 17.4. The highest BCUT2D eigenvalue weighted by Crippen LogP contribution is 2.76. The Balaban J connectivity index is 1.13. The summed E-state index contributed by atoms with van der Waals surface area (Å²) in [5.74, 6) is 0.721. The standard InChI is InChI=1S/C50H72ClN3O4/c1-32(2)42-39(55)30-50(45(58)52-26-27-54(29-28-53(8)9)31-33-10-16-36(51)17-11-33)25-24-48(6)38(43(42)50)18-19-41-47(5)22-20-37(34-12-14-35(15-13-34)44(56)57)46(3,4)40(47)21-23-49(41,48)7/h10-12,16-17,20,32,35,38,40-41H,13-15,18-19,21-31H2,1-9H3,(H,52,58)(H,56,57)/t35-,38+,40-,41+,47-,48+,49+,50+/m0/s1. The van der Waals surface area contributed by atoms with Gasteiger partial charge in [0.15, 0.2) is 5.78 Å². The number of hydrogen-bond acceptors (Lipinski definition) is 5. The number of allylic oxidation sites excluding steroid dienone is 5. The molecule has 2 N–H and O–H groups in total. The molecular formula is C50H72ClN3O4. The Labute approximate surface area is 354 Å². The first-order valence-electron chi connectivity index (χ1n) is 22.6. The van der Waals surface area contributed by atoms with Crippen LogP contribution in [0, 0.1) is 56.7 Å². The van der Waals surface area contributed by atoms with E-state index in [1.54, 1.807) is 0 Å². The van der Waals surface area contributed by atoms with Gasteiger partial charge in [-0.05, 0) is 164 Å². The van der Waals surface area contributed by atoms with Crippen molar-refractivity contribution in [2.24, 2.45) is 56.7 Å². The summed E-state index contributed by atoms with van der Waals surface area (Å²) in [6.07, 6.45) is 14.6. The van der Waals surface area contributed by atoms with E-state index in [1.165, 1.54) is 28.7 Å². The van der Waals surface area contributed by atoms with Gasteiger partial charge in [-0.15, -0.1) is 0 Å². The van der Waals surface area contributed by atoms with Crippen LogP contribution in [0.4, 0.5) is 0 Å². The first-order valence-corrected chi connectivity index (χ1v) is 23.0. The van der Waals surface area contributed by atoms with Gasteiger partial charge in [-0.3, -0.25) is 19.3 Å². The van der Waals surface area contributed by atoms with E-state index in [0.717, 1.165) is 88.1 Å². The lowest BCUT2D eigenvalue weighted by atomic mass is 9.33. The zero-order valence-electron chi connectivity index (χ0n) is 37.1. The third kappa shape index (κ3) is 7.19. The van der Waals surface area contributed by atoms with Crippen molar-refractivity contribution in [1.82, 2.24) is 15.1 Å². The number of nitrogens with one attached hydrogen (secondary N) is 1. The SMILES string of the molecule is CC(C)C1=C2[C@H]3CC[C@@H]4[C@@]5(C)CC=C(C6=CC[C@H](C(=O)O)CC6)C(C)(C)[C@@H]5CC[C@@]4(C)[C@]3(C)CC[C@@]2(C(=O)NCCN(CCN(C)C)Cc2ccc(Cl)cc2)CC1=O. The van der Waals surface area contributed by atoms with Crippen molar-refractivity contribution < 1.29 is 19.5 Å². The average molecular weight is 815 g/mol. The molecule has 6 aliphatic carbocycles. The summed E-state index contributed by atoms with van der Waals surface area (Å²) in [6.45, 7) is 20.9. The Bertz CT molecular complexity index is 1880. The summed E-state index contributed by atoms with van der Waals surface area (Å²) in [6, 6.07) is 8.04. The van der Waals surface area contributed by atoms with Gasteiger partial charge in [0, 0.05) is 44.2 Å². The van der Waals surface area contributed by atoms with E-state index in [4.69, 9.17) is 11.6 Å². The number of carbonyl (C=O) groups is 3. The summed E-state index contributed by atoms with van der Waals surface area (Å²) in [4.78, 5) is 45.4. The first kappa shape index (κ1) is 43.4. The lowest BCUT2D eigenvalue weighted by molar-refractivity contribution is -0.199. The number of likely N-dealkylation sites (N-methyl/N-ethyl adjacent to an activating group) is 1. The van der Waals surface area contributed by atoms with Crippen LogP contribution in [0.2, 0.25) is 5.02 Å². The summed E-state index contributed by atoms with van der Waals surface area (Å²) in [7, 11) is 4.18. The van der Waals surface area contributed by atoms with Crippen molar-refractivity contribution in [3.05, 3.63) is 69.3 Å². The molecule has 58 heavy (non-hydrogen) atoms. The maximum absolute atomic E-state index is 14.8. The largest absolute Gasteiger partial charge is 0.481 e. The summed E-state index contributed by atoms with van der Waals surface area (Å²) in [5.41, 5.74) is 5.70. The lowest BCUT2D eigenvalue weighted by Gasteiger charge is -2.71. The molecule has 3 fully saturated rings. The van der Waals surface area contributed by atoms with Crippen LogP contribution in [0.25, 0.3) is 0 Å². The summed E-state index contributed by atoms with van der Waals surface area (Å²) in [5, 5.41) is 13.8. The topological polar surface area (TPSA) is 89.9 Å². The molecule has 0 saturated heterocycles. The molecule has 1 amide bonds. The molecular weight excluding hydrogens is 742 g/mol. The molecule has 0 spiro atoms. The van der Waals surface area contributed by atoms with Crippen LogP contribution in [0.1, 0.15) is 125 Å². The van der Waals surface area contributed by atoms with E-state index in [0.29, 0.717) is 31.2 Å². The Kier molecular flexibility index (Phi) is 11.9. The molecule has 0 bridgehead atoms. The van der Waals surface area contributed by atoms with Crippen LogP contribution < -0.4 is 5.32 Å². The number of ketones is 1. The third-order valence-corrected chi connectivity index (χ3v) is 17.7. The average Bonchev–Trinajstić information content (AvgIpc) is 3.48. The predicted molar refractivity (Wildman–Crippen MR) is 234 cm³/mol. The van der Waals surface area contributed by atoms with Gasteiger partial charge < -0.3 is 15.3 Å². The Morgan fingerprint density at radius 1 is 0.897 bits per heavy atom. The molecule has 1 aromatic carbocycles. The van der Waals surface area contributed by atoms with Gasteiger partial charge in [0.2, 0.25) is 5.91 Å². The second-order valence-corrected chi connectivity index (χ2v) is 21.8. The van der Waals surface area contributed by atoms with Gasteiger partial charge >= 0.3 is 5.97 Å². The normalized spacial score (nSPS) is 35.6. The molecule has 0 heterocycles. The van der Waals surface area contributed by atoms with Crippen molar-refractivity contribution in [3.63, 3.8) is 0 Å². The minimum absolute atomic E-state index is 0.00978. The number of nitrogens with zero attached hydrogens (tertiary/aromatic N) is 2. The highest BCUT2D eigenvalue weighted by molar-refractivity contribution is 6.30. The van der Waals surface area contributed by atoms with Crippen molar-refractivity contribution in [2.45, 2.75) is 126 Å². The predicted octanol–water partition coefficient (Wildman–Crippen LogP) is 10.1. The number of hydrogen-bond donors (Lipinski definition) is 2. The quantitative estimate of drug-likeness (QED) is 0.219. The monoisotopic (exact) mass is 814 g/mol. The van der Waals surface area contributed by atoms with E-state index in [2.05, 4.69) is 102 Å². The molecule has 7 nitrogen and oxygen atoms in total. The number of amides is 1. The molecule has 3 saturated carbocycles. The molecule has 0 aliphatic heterocycles. The van der Waals surface area contributed by atoms with E-state index in [1.807, 2.05) is 12.1 Å². The Morgan fingerprint density at radius 3 is 2.26 bits per heavy atom. The van der Waals surface area contributed by atoms with Gasteiger partial charge in [0.1, 0.15) is 0 Å². The molecule has 0 aromatic heterocycles. The molecule has 8 heteroatoms. The molecule has 0 unspecified atom stereocenters. The number of Topliss-reactive ketones (excluding diaryl/α,β-unsaturated/α-hetero) is 1. The van der Waals surface area contributed by atoms with Crippen molar-refractivity contribution in [1.29, 1.82) is 0 Å². The second-order valence-electron chi connectivity index (χ2n) is 21.3. The number of fused-ring (bicyclic) bond motifs is 7. The number of carboxylic acid groups (broad SMARTS) is 1. The molecule has 318 valence electrons. The first-order chi connectivity index (χ1) is 27.3. The fraction of sp³-hybridized carbons (Fsp3) is 0.700. The number of halogens is 1. The van der Waals surface area contributed by atoms with Crippen LogP contribution in [-0.4, -0.2) is 72.8 Å². The molecule has 7 rings (SSSR count). The molecule has 6 aliphatic rings. The minimum Gasteiger partial charge on any atom is -0.481 e. The minimum atomic E-state index is -0.756. The molecule has 1 aromatic rings. The fourth-order valence-electron chi connectivity index (χ4n) is 14.3. The highest BCUT2D eigenvalue weighted by atomic mass is 35.5. The van der Waals surface area contributed by atoms with Crippen LogP contribution >= 0.6 is 11.6 Å². The molecule has 0 radical (unpaired) electrons. The van der Waals surface area contributed by atoms with Gasteiger partial charge in [-0.2, -0.15) is 0 Å². The van der Waals surface area contributed by atoms with Crippen molar-refractivity contribution in [2.75, 3.05) is 40.3 Å². The number of carbonyl (C=O) groups excluding carboxylic acids is 2. The van der Waals surface area contributed by atoms with Crippen LogP contribution in [-0.2, 0) is 20.9 Å². The molecule has 8 atom stereocenters. The maximum Gasteiger partial charge on any atom is 0.306 e. The lowest BCUT2D eigenvalue weighted by Crippen LogP contribution is -2.64. The van der Waals surface area contributed by atoms with Crippen molar-refractivity contribution in [3.8, 4) is 0 Å². The van der Waals surface area contributed by atoms with Crippen molar-refractivity contribution >= 4 is 29.3 Å². The summed E-state index contributed by atoms with van der Waals surface area (Å²) >= 11 is 6.19. The van der Waals surface area contributed by atoms with Gasteiger partial charge in [-0.25, -0.2) is 0 Å². The summed E-state index contributed by atoms with van der Waals surface area (Å²) < 4.78 is 0. The number of rotatable bonds is 12. The van der Waals surface area contributed by atoms with E-state index < -0.39 is 11.4 Å². The zero-order chi connectivity index (χ0) is 42.0. The fourth-order valence-corrected chi connectivity index (χ4v) is 14.4. The van der Waals surface area contributed by atoms with Crippen LogP contribution in [0.3, 0.4) is 0 Å². The van der Waals surface area contributed by atoms with Crippen LogP contribution in [0.5, 0.6) is 0 Å². The van der Waals surface area contributed by atoms with E-state index in [-0.39, 0.29) is 51.1 Å². The second kappa shape index (κ2) is 15.9. The highest BCUT2D eigenvalue weighted by Gasteiger charge is 2.70. The Hall–Kier alpha value is -2.74. The van der Waals surface area contributed by atoms with E-state index in [9.17, 15) is 19.5 Å². The zero-order valence-corrected chi connectivity index (χ0v) is 37.9. The maximum atomic E-state index is 14.8. The van der Waals surface area contributed by atoms with Gasteiger partial charge in [-0.1, -0.05) is 84.4 Å². The van der Waals surface area contributed by atoms with Gasteiger partial charge in [0.05, 0.1) is 11.3 Å². The van der Waals surface area contributed by atoms with Gasteiger partial charge in [0.25, 0.3) is 0 Å². The van der Waals surface area contributed by atoms with Crippen LogP contribution in [0.15, 0.2) is 58.7 Å². The smallest absolute Gasteiger partial charge is 0.306 e. The van der Waals surface area contributed by atoms with E-state index >= 15 is 0 Å².